The molecular formula is C12H14N2. The first-order valence-corrected chi connectivity index (χ1v) is 5.20. The van der Waals surface area contributed by atoms with E-state index in [2.05, 4.69) is 28.5 Å². The molecule has 0 radical (unpaired) electrons. The Kier molecular flexibility index (Phi) is 1.71. The van der Waals surface area contributed by atoms with E-state index in [4.69, 9.17) is 0 Å². The Morgan fingerprint density at radius 3 is 2.86 bits per heavy atom. The fourth-order valence-corrected chi connectivity index (χ4v) is 2.25. The van der Waals surface area contributed by atoms with Gasteiger partial charge < -0.3 is 5.32 Å². The highest BCUT2D eigenvalue weighted by Crippen LogP contribution is 2.35. The van der Waals surface area contributed by atoms with Crippen LogP contribution < -0.4 is 5.32 Å². The predicted octanol–water partition coefficient (Wildman–Crippen LogP) is 1.77. The zero-order valence-electron chi connectivity index (χ0n) is 8.33. The summed E-state index contributed by atoms with van der Waals surface area (Å²) in [6.07, 6.45) is 5.58. The lowest BCUT2D eigenvalue weighted by molar-refractivity contribution is 0.301. The summed E-state index contributed by atoms with van der Waals surface area (Å²) in [6, 6.07) is 4.91. The Morgan fingerprint density at radius 2 is 2.36 bits per heavy atom. The van der Waals surface area contributed by atoms with E-state index in [1.165, 1.54) is 24.1 Å². The Bertz CT molecular complexity index is 378. The van der Waals surface area contributed by atoms with E-state index in [1.54, 1.807) is 0 Å². The van der Waals surface area contributed by atoms with Crippen molar-refractivity contribution in [3.63, 3.8) is 0 Å². The number of fused-ring (bicyclic) bond motifs is 1. The standard InChI is InChI=1S/C12H14N2/c1-8-2-3-9(6-13-8)10-4-11-7-14-12(11)5-10/h2-3,5-6,11-12,14H,4,7H2,1H3/t11-,12-/m1/s1. The SMILES string of the molecule is Cc1ccc(C2=C[C@H]3NC[C@H]3C2)cn1. The first kappa shape index (κ1) is 8.18. The molecule has 72 valence electrons. The van der Waals surface area contributed by atoms with Gasteiger partial charge in [-0.1, -0.05) is 12.1 Å². The second-order valence-electron chi connectivity index (χ2n) is 4.28. The molecule has 14 heavy (non-hydrogen) atoms. The number of pyridine rings is 1. The second-order valence-corrected chi connectivity index (χ2v) is 4.28. The predicted molar refractivity (Wildman–Crippen MR) is 56.8 cm³/mol. The maximum Gasteiger partial charge on any atom is 0.0373 e. The average molecular weight is 186 g/mol. The number of rotatable bonds is 1. The highest BCUT2D eigenvalue weighted by Gasteiger charge is 2.34. The van der Waals surface area contributed by atoms with Crippen molar-refractivity contribution in [2.45, 2.75) is 19.4 Å². The first-order valence-electron chi connectivity index (χ1n) is 5.20. The third-order valence-corrected chi connectivity index (χ3v) is 3.27. The molecule has 0 spiro atoms. The van der Waals surface area contributed by atoms with Gasteiger partial charge >= 0.3 is 0 Å². The van der Waals surface area contributed by atoms with E-state index in [0.717, 1.165) is 11.6 Å². The molecule has 1 aliphatic heterocycles. The van der Waals surface area contributed by atoms with Gasteiger partial charge in [-0.05, 0) is 36.5 Å². The Hall–Kier alpha value is -1.15. The number of aromatic nitrogens is 1. The van der Waals surface area contributed by atoms with Crippen LogP contribution in [-0.4, -0.2) is 17.6 Å². The Labute approximate surface area is 84.1 Å². The van der Waals surface area contributed by atoms with Gasteiger partial charge in [-0.3, -0.25) is 4.98 Å². The molecule has 1 fully saturated rings. The summed E-state index contributed by atoms with van der Waals surface area (Å²) < 4.78 is 0. The van der Waals surface area contributed by atoms with Gasteiger partial charge in [-0.15, -0.1) is 0 Å². The van der Waals surface area contributed by atoms with Crippen LogP contribution in [0.3, 0.4) is 0 Å². The summed E-state index contributed by atoms with van der Waals surface area (Å²) in [6.45, 7) is 3.21. The quantitative estimate of drug-likeness (QED) is 0.723. The van der Waals surface area contributed by atoms with Gasteiger partial charge in [0.05, 0.1) is 0 Å². The minimum Gasteiger partial charge on any atom is -0.310 e. The molecule has 2 nitrogen and oxygen atoms in total. The molecule has 1 saturated heterocycles. The van der Waals surface area contributed by atoms with Crippen molar-refractivity contribution in [2.24, 2.45) is 5.92 Å². The van der Waals surface area contributed by atoms with Crippen LogP contribution in [0, 0.1) is 12.8 Å². The van der Waals surface area contributed by atoms with E-state index in [1.807, 2.05) is 13.1 Å². The molecule has 2 heteroatoms. The van der Waals surface area contributed by atoms with Crippen molar-refractivity contribution in [2.75, 3.05) is 6.54 Å². The van der Waals surface area contributed by atoms with Crippen LogP contribution in [-0.2, 0) is 0 Å². The highest BCUT2D eigenvalue weighted by molar-refractivity contribution is 5.68. The molecule has 2 atom stereocenters. The zero-order chi connectivity index (χ0) is 9.54. The van der Waals surface area contributed by atoms with Gasteiger partial charge in [0.25, 0.3) is 0 Å². The van der Waals surface area contributed by atoms with Crippen molar-refractivity contribution in [3.8, 4) is 0 Å². The molecule has 0 bridgehead atoms. The molecule has 0 unspecified atom stereocenters. The largest absolute Gasteiger partial charge is 0.310 e. The fraction of sp³-hybridized carbons (Fsp3) is 0.417. The molecule has 1 aromatic rings. The molecular weight excluding hydrogens is 172 g/mol. The molecule has 0 aromatic carbocycles. The smallest absolute Gasteiger partial charge is 0.0373 e. The molecule has 1 aromatic heterocycles. The maximum atomic E-state index is 4.33. The van der Waals surface area contributed by atoms with E-state index in [9.17, 15) is 0 Å². The average Bonchev–Trinajstić information content (AvgIpc) is 2.45. The lowest BCUT2D eigenvalue weighted by Gasteiger charge is -2.31. The molecule has 1 aliphatic carbocycles. The lowest BCUT2D eigenvalue weighted by Crippen LogP contribution is -2.49. The van der Waals surface area contributed by atoms with E-state index < -0.39 is 0 Å². The van der Waals surface area contributed by atoms with E-state index in [-0.39, 0.29) is 0 Å². The number of nitrogens with zero attached hydrogens (tertiary/aromatic N) is 1. The van der Waals surface area contributed by atoms with Crippen LogP contribution in [0.25, 0.3) is 5.57 Å². The third kappa shape index (κ3) is 1.18. The molecule has 0 saturated carbocycles. The molecule has 1 N–H and O–H groups in total. The summed E-state index contributed by atoms with van der Waals surface area (Å²) in [7, 11) is 0. The monoisotopic (exact) mass is 186 g/mol. The van der Waals surface area contributed by atoms with E-state index >= 15 is 0 Å². The number of allylic oxidation sites excluding steroid dienone is 1. The van der Waals surface area contributed by atoms with Crippen molar-refractivity contribution in [1.82, 2.24) is 10.3 Å². The molecule has 2 aliphatic rings. The summed E-state index contributed by atoms with van der Waals surface area (Å²) in [4.78, 5) is 4.33. The fourth-order valence-electron chi connectivity index (χ4n) is 2.25. The van der Waals surface area contributed by atoms with Crippen LogP contribution in [0.5, 0.6) is 0 Å². The Morgan fingerprint density at radius 1 is 1.43 bits per heavy atom. The summed E-state index contributed by atoms with van der Waals surface area (Å²) >= 11 is 0. The van der Waals surface area contributed by atoms with Crippen LogP contribution in [0.2, 0.25) is 0 Å². The van der Waals surface area contributed by atoms with Gasteiger partial charge in [-0.25, -0.2) is 0 Å². The van der Waals surface area contributed by atoms with Crippen LogP contribution in [0.4, 0.5) is 0 Å². The zero-order valence-corrected chi connectivity index (χ0v) is 8.33. The normalized spacial score (nSPS) is 29.4. The van der Waals surface area contributed by atoms with Crippen molar-refractivity contribution < 1.29 is 0 Å². The number of hydrogen-bond donors (Lipinski definition) is 1. The topological polar surface area (TPSA) is 24.9 Å². The van der Waals surface area contributed by atoms with Crippen LogP contribution >= 0.6 is 0 Å². The summed E-state index contributed by atoms with van der Waals surface area (Å²) in [5.41, 5.74) is 3.86. The van der Waals surface area contributed by atoms with Crippen molar-refractivity contribution in [3.05, 3.63) is 35.7 Å². The minimum absolute atomic E-state index is 0.645. The molecule has 2 heterocycles. The van der Waals surface area contributed by atoms with Gasteiger partial charge in [0.1, 0.15) is 0 Å². The maximum absolute atomic E-state index is 4.33. The van der Waals surface area contributed by atoms with Gasteiger partial charge in [0, 0.05) is 24.5 Å². The van der Waals surface area contributed by atoms with Crippen molar-refractivity contribution in [1.29, 1.82) is 0 Å². The number of hydrogen-bond acceptors (Lipinski definition) is 2. The Balaban J connectivity index is 1.89. The third-order valence-electron chi connectivity index (χ3n) is 3.27. The van der Waals surface area contributed by atoms with Gasteiger partial charge in [0.2, 0.25) is 0 Å². The highest BCUT2D eigenvalue weighted by atomic mass is 15.0. The summed E-state index contributed by atoms with van der Waals surface area (Å²) in [5.74, 6) is 0.853. The van der Waals surface area contributed by atoms with Crippen LogP contribution in [0.1, 0.15) is 17.7 Å². The number of nitrogens with one attached hydrogen (secondary N) is 1. The summed E-state index contributed by atoms with van der Waals surface area (Å²) in [5, 5.41) is 3.42. The van der Waals surface area contributed by atoms with Crippen LogP contribution in [0.15, 0.2) is 24.4 Å². The van der Waals surface area contributed by atoms with Crippen molar-refractivity contribution >= 4 is 5.57 Å². The molecule has 3 rings (SSSR count). The second kappa shape index (κ2) is 2.92. The van der Waals surface area contributed by atoms with E-state index in [0.29, 0.717) is 6.04 Å². The van der Waals surface area contributed by atoms with Gasteiger partial charge in [0.15, 0.2) is 0 Å². The minimum atomic E-state index is 0.645. The van der Waals surface area contributed by atoms with Gasteiger partial charge in [-0.2, -0.15) is 0 Å². The number of aryl methyl sites for hydroxylation is 1. The lowest BCUT2D eigenvalue weighted by atomic mass is 9.94. The molecule has 0 amide bonds. The first-order chi connectivity index (χ1) is 6.83.